The van der Waals surface area contributed by atoms with Gasteiger partial charge in [-0.05, 0) is 42.7 Å². The summed E-state index contributed by atoms with van der Waals surface area (Å²) in [6, 6.07) is 28.1. The summed E-state index contributed by atoms with van der Waals surface area (Å²) >= 11 is 1.64. The predicted octanol–water partition coefficient (Wildman–Crippen LogP) is 4.71. The number of thioether (sulfide) groups is 1. The minimum absolute atomic E-state index is 0.213. The van der Waals surface area contributed by atoms with E-state index < -0.39 is 6.04 Å². The van der Waals surface area contributed by atoms with Gasteiger partial charge in [0.25, 0.3) is 5.91 Å². The quantitative estimate of drug-likeness (QED) is 0.342. The summed E-state index contributed by atoms with van der Waals surface area (Å²) < 4.78 is 1.83. The van der Waals surface area contributed by atoms with E-state index in [1.54, 1.807) is 36.0 Å². The first-order valence-corrected chi connectivity index (χ1v) is 12.9. The van der Waals surface area contributed by atoms with Crippen LogP contribution >= 0.6 is 11.8 Å². The van der Waals surface area contributed by atoms with Crippen molar-refractivity contribution in [2.75, 3.05) is 12.0 Å². The van der Waals surface area contributed by atoms with Crippen molar-refractivity contribution in [1.29, 1.82) is 0 Å². The minimum atomic E-state index is -0.625. The van der Waals surface area contributed by atoms with E-state index in [2.05, 4.69) is 10.6 Å². The second kappa shape index (κ2) is 12.0. The molecule has 7 heteroatoms. The van der Waals surface area contributed by atoms with E-state index in [1.165, 1.54) is 0 Å². The lowest BCUT2D eigenvalue weighted by Crippen LogP contribution is -2.46. The molecule has 0 aliphatic rings. The number of carbonyl (C=O) groups excluding carboxylic acids is 2. The number of aromatic nitrogens is 2. The van der Waals surface area contributed by atoms with Gasteiger partial charge in [-0.15, -0.1) is 0 Å². The fourth-order valence-electron chi connectivity index (χ4n) is 3.73. The Labute approximate surface area is 209 Å². The highest BCUT2D eigenvalue weighted by atomic mass is 32.2. The molecule has 2 amide bonds. The SMILES string of the molecule is CSCC[C@H](NC(=O)c1ccccc1)C(=O)NCc1cn(-c2ccccc2)nc1-c1ccccc1. The van der Waals surface area contributed by atoms with Gasteiger partial charge in [-0.2, -0.15) is 16.9 Å². The molecule has 1 aromatic heterocycles. The maximum absolute atomic E-state index is 13.2. The molecular formula is C28H28N4O2S. The zero-order valence-corrected chi connectivity index (χ0v) is 20.4. The molecule has 0 aliphatic carbocycles. The second-order valence-corrected chi connectivity index (χ2v) is 9.03. The van der Waals surface area contributed by atoms with Crippen molar-refractivity contribution in [3.63, 3.8) is 0 Å². The Hall–Kier alpha value is -3.84. The van der Waals surface area contributed by atoms with Crippen LogP contribution in [0.5, 0.6) is 0 Å². The average molecular weight is 485 g/mol. The van der Waals surface area contributed by atoms with Crippen LogP contribution in [0.1, 0.15) is 22.3 Å². The molecule has 0 spiro atoms. The zero-order chi connectivity index (χ0) is 24.5. The van der Waals surface area contributed by atoms with Gasteiger partial charge in [-0.3, -0.25) is 9.59 Å². The standard InChI is InChI=1S/C28H28N4O2S/c1-35-18-17-25(30-27(33)22-13-7-3-8-14-22)28(34)29-19-23-20-32(24-15-9-4-10-16-24)31-26(23)21-11-5-2-6-12-21/h2-16,20,25H,17-19H2,1H3,(H,29,34)(H,30,33)/t25-/m0/s1. The summed E-state index contributed by atoms with van der Waals surface area (Å²) in [7, 11) is 0. The largest absolute Gasteiger partial charge is 0.350 e. The Balaban J connectivity index is 1.52. The van der Waals surface area contributed by atoms with Crippen molar-refractivity contribution in [2.45, 2.75) is 19.0 Å². The number of benzene rings is 3. The molecule has 3 aromatic carbocycles. The van der Waals surface area contributed by atoms with Gasteiger partial charge < -0.3 is 10.6 Å². The third kappa shape index (κ3) is 6.39. The summed E-state index contributed by atoms with van der Waals surface area (Å²) in [6.45, 7) is 0.298. The van der Waals surface area contributed by atoms with E-state index in [0.717, 1.165) is 28.3 Å². The van der Waals surface area contributed by atoms with Gasteiger partial charge >= 0.3 is 0 Å². The lowest BCUT2D eigenvalue weighted by Gasteiger charge is -2.18. The maximum atomic E-state index is 13.2. The first kappa shape index (κ1) is 24.3. The van der Waals surface area contributed by atoms with Crippen LogP contribution in [0.2, 0.25) is 0 Å². The first-order valence-electron chi connectivity index (χ1n) is 11.5. The van der Waals surface area contributed by atoms with Crippen molar-refractivity contribution in [3.05, 3.63) is 108 Å². The van der Waals surface area contributed by atoms with Gasteiger partial charge in [0.2, 0.25) is 5.91 Å². The third-order valence-corrected chi connectivity index (χ3v) is 6.22. The van der Waals surface area contributed by atoms with Gasteiger partial charge in [0.05, 0.1) is 11.4 Å². The van der Waals surface area contributed by atoms with E-state index >= 15 is 0 Å². The summed E-state index contributed by atoms with van der Waals surface area (Å²) in [5.41, 5.74) is 4.15. The van der Waals surface area contributed by atoms with Crippen LogP contribution in [0, 0.1) is 0 Å². The van der Waals surface area contributed by atoms with Crippen molar-refractivity contribution in [3.8, 4) is 16.9 Å². The number of nitrogens with one attached hydrogen (secondary N) is 2. The van der Waals surface area contributed by atoms with Crippen molar-refractivity contribution in [2.24, 2.45) is 0 Å². The van der Waals surface area contributed by atoms with E-state index in [4.69, 9.17) is 5.10 Å². The average Bonchev–Trinajstić information content (AvgIpc) is 3.35. The number of carbonyl (C=O) groups is 2. The Morgan fingerprint density at radius 1 is 0.914 bits per heavy atom. The van der Waals surface area contributed by atoms with E-state index in [0.29, 0.717) is 18.5 Å². The molecule has 1 atom stereocenters. The molecule has 0 fully saturated rings. The fraction of sp³-hybridized carbons (Fsp3) is 0.179. The van der Waals surface area contributed by atoms with Crippen LogP contribution in [-0.4, -0.2) is 39.6 Å². The van der Waals surface area contributed by atoms with Crippen LogP contribution in [-0.2, 0) is 11.3 Å². The highest BCUT2D eigenvalue weighted by Gasteiger charge is 2.22. The molecule has 0 radical (unpaired) electrons. The lowest BCUT2D eigenvalue weighted by atomic mass is 10.1. The van der Waals surface area contributed by atoms with Crippen molar-refractivity contribution >= 4 is 23.6 Å². The molecule has 0 saturated carbocycles. The van der Waals surface area contributed by atoms with Crippen LogP contribution in [0.4, 0.5) is 0 Å². The summed E-state index contributed by atoms with van der Waals surface area (Å²) in [6.07, 6.45) is 4.47. The van der Waals surface area contributed by atoms with Gasteiger partial charge in [-0.1, -0.05) is 66.7 Å². The molecule has 0 unspecified atom stereocenters. The first-order chi connectivity index (χ1) is 17.2. The van der Waals surface area contributed by atoms with Crippen LogP contribution in [0.15, 0.2) is 97.2 Å². The zero-order valence-electron chi connectivity index (χ0n) is 19.6. The molecule has 6 nitrogen and oxygen atoms in total. The molecule has 0 bridgehead atoms. The number of nitrogens with zero attached hydrogens (tertiary/aromatic N) is 2. The molecule has 35 heavy (non-hydrogen) atoms. The third-order valence-electron chi connectivity index (χ3n) is 5.58. The van der Waals surface area contributed by atoms with Crippen molar-refractivity contribution in [1.82, 2.24) is 20.4 Å². The fourth-order valence-corrected chi connectivity index (χ4v) is 4.20. The lowest BCUT2D eigenvalue weighted by molar-refractivity contribution is -0.123. The molecule has 1 heterocycles. The topological polar surface area (TPSA) is 76.0 Å². The predicted molar refractivity (Wildman–Crippen MR) is 142 cm³/mol. The summed E-state index contributed by atoms with van der Waals surface area (Å²) in [5, 5.41) is 10.7. The normalized spacial score (nSPS) is 11.6. The second-order valence-electron chi connectivity index (χ2n) is 8.04. The Morgan fingerprint density at radius 3 is 2.20 bits per heavy atom. The van der Waals surface area contributed by atoms with E-state index in [-0.39, 0.29) is 11.8 Å². The van der Waals surface area contributed by atoms with Crippen LogP contribution in [0.25, 0.3) is 16.9 Å². The molecule has 2 N–H and O–H groups in total. The highest BCUT2D eigenvalue weighted by molar-refractivity contribution is 7.98. The Morgan fingerprint density at radius 2 is 1.54 bits per heavy atom. The van der Waals surface area contributed by atoms with Gasteiger partial charge in [-0.25, -0.2) is 4.68 Å². The number of para-hydroxylation sites is 1. The Kier molecular flexibility index (Phi) is 8.35. The smallest absolute Gasteiger partial charge is 0.251 e. The highest BCUT2D eigenvalue weighted by Crippen LogP contribution is 2.23. The molecular weight excluding hydrogens is 456 g/mol. The number of amides is 2. The molecule has 4 rings (SSSR count). The monoisotopic (exact) mass is 484 g/mol. The maximum Gasteiger partial charge on any atom is 0.251 e. The van der Waals surface area contributed by atoms with Crippen LogP contribution < -0.4 is 10.6 Å². The molecule has 4 aromatic rings. The van der Waals surface area contributed by atoms with Crippen LogP contribution in [0.3, 0.4) is 0 Å². The molecule has 0 aliphatic heterocycles. The summed E-state index contributed by atoms with van der Waals surface area (Å²) in [5.74, 6) is 0.289. The van der Waals surface area contributed by atoms with E-state index in [1.807, 2.05) is 83.9 Å². The summed E-state index contributed by atoms with van der Waals surface area (Å²) in [4.78, 5) is 25.8. The molecule has 178 valence electrons. The Bertz CT molecular complexity index is 1240. The number of hydrogen-bond acceptors (Lipinski definition) is 4. The minimum Gasteiger partial charge on any atom is -0.350 e. The van der Waals surface area contributed by atoms with Gasteiger partial charge in [0, 0.05) is 29.4 Å². The number of rotatable bonds is 10. The van der Waals surface area contributed by atoms with Gasteiger partial charge in [0.1, 0.15) is 6.04 Å². The number of hydrogen-bond donors (Lipinski definition) is 2. The van der Waals surface area contributed by atoms with E-state index in [9.17, 15) is 9.59 Å². The molecule has 0 saturated heterocycles. The van der Waals surface area contributed by atoms with Gasteiger partial charge in [0.15, 0.2) is 0 Å². The van der Waals surface area contributed by atoms with Crippen molar-refractivity contribution < 1.29 is 9.59 Å².